The second-order valence-electron chi connectivity index (χ2n) is 4.63. The van der Waals surface area contributed by atoms with E-state index in [0.29, 0.717) is 6.54 Å². The molecule has 2 aromatic rings. The van der Waals surface area contributed by atoms with Gasteiger partial charge in [0, 0.05) is 6.42 Å². The Morgan fingerprint density at radius 3 is 2.44 bits per heavy atom. The largest absolute Gasteiger partial charge is 0.330 e. The molecule has 1 aromatic heterocycles. The van der Waals surface area contributed by atoms with Gasteiger partial charge in [0.1, 0.15) is 0 Å². The maximum atomic E-state index is 5.48. The molecule has 5 nitrogen and oxygen atoms in total. The standard InChI is InChI=1S/C13H19N5/c1-9-7-10(2)13(11(3)8-9)18-16-12(15-17-18)5-4-6-14/h7-8H,4-6,14H2,1-3H3. The normalized spacial score (nSPS) is 10.9. The number of hydrogen-bond acceptors (Lipinski definition) is 4. The van der Waals surface area contributed by atoms with E-state index in [1.807, 2.05) is 0 Å². The summed E-state index contributed by atoms with van der Waals surface area (Å²) in [6, 6.07) is 4.26. The van der Waals surface area contributed by atoms with Crippen LogP contribution in [0.3, 0.4) is 0 Å². The van der Waals surface area contributed by atoms with E-state index in [1.54, 1.807) is 4.80 Å². The van der Waals surface area contributed by atoms with Gasteiger partial charge in [0.25, 0.3) is 0 Å². The fraction of sp³-hybridized carbons (Fsp3) is 0.462. The number of tetrazole rings is 1. The second kappa shape index (κ2) is 5.27. The highest BCUT2D eigenvalue weighted by Gasteiger charge is 2.10. The van der Waals surface area contributed by atoms with Gasteiger partial charge >= 0.3 is 0 Å². The van der Waals surface area contributed by atoms with Gasteiger partial charge in [-0.25, -0.2) is 0 Å². The molecule has 0 radical (unpaired) electrons. The Balaban J connectivity index is 2.34. The van der Waals surface area contributed by atoms with E-state index in [1.165, 1.54) is 5.56 Å². The Kier molecular flexibility index (Phi) is 3.72. The topological polar surface area (TPSA) is 69.6 Å². The van der Waals surface area contributed by atoms with Crippen LogP contribution in [0.2, 0.25) is 0 Å². The van der Waals surface area contributed by atoms with Crippen LogP contribution in [0.1, 0.15) is 28.9 Å². The van der Waals surface area contributed by atoms with Gasteiger partial charge in [0.05, 0.1) is 5.69 Å². The quantitative estimate of drug-likeness (QED) is 0.885. The Bertz CT molecular complexity index is 521. The van der Waals surface area contributed by atoms with E-state index in [9.17, 15) is 0 Å². The maximum absolute atomic E-state index is 5.48. The molecule has 0 atom stereocenters. The predicted octanol–water partition coefficient (Wildman–Crippen LogP) is 1.48. The minimum Gasteiger partial charge on any atom is -0.330 e. The van der Waals surface area contributed by atoms with Crippen molar-refractivity contribution in [2.45, 2.75) is 33.6 Å². The summed E-state index contributed by atoms with van der Waals surface area (Å²) in [5.74, 6) is 0.750. The molecule has 2 N–H and O–H groups in total. The predicted molar refractivity (Wildman–Crippen MR) is 70.7 cm³/mol. The summed E-state index contributed by atoms with van der Waals surface area (Å²) in [4.78, 5) is 1.62. The van der Waals surface area contributed by atoms with Gasteiger partial charge in [0.15, 0.2) is 5.82 Å². The minimum atomic E-state index is 0.650. The van der Waals surface area contributed by atoms with Crippen molar-refractivity contribution in [1.82, 2.24) is 20.2 Å². The molecule has 0 unspecified atom stereocenters. The highest BCUT2D eigenvalue weighted by atomic mass is 15.6. The van der Waals surface area contributed by atoms with Crippen LogP contribution in [0.5, 0.6) is 0 Å². The van der Waals surface area contributed by atoms with Gasteiger partial charge in [-0.3, -0.25) is 0 Å². The van der Waals surface area contributed by atoms with Gasteiger partial charge < -0.3 is 5.73 Å². The molecule has 18 heavy (non-hydrogen) atoms. The monoisotopic (exact) mass is 245 g/mol. The molecule has 0 aliphatic heterocycles. The zero-order valence-corrected chi connectivity index (χ0v) is 11.1. The fourth-order valence-corrected chi connectivity index (χ4v) is 2.19. The van der Waals surface area contributed by atoms with Crippen LogP contribution < -0.4 is 5.73 Å². The van der Waals surface area contributed by atoms with E-state index in [0.717, 1.165) is 35.5 Å². The Morgan fingerprint density at radius 1 is 1.17 bits per heavy atom. The van der Waals surface area contributed by atoms with Crippen LogP contribution in [-0.4, -0.2) is 26.8 Å². The van der Waals surface area contributed by atoms with Crippen LogP contribution in [0.4, 0.5) is 0 Å². The third kappa shape index (κ3) is 2.56. The van der Waals surface area contributed by atoms with Crippen molar-refractivity contribution >= 4 is 0 Å². The molecule has 2 rings (SSSR count). The van der Waals surface area contributed by atoms with Crippen molar-refractivity contribution in [3.8, 4) is 5.69 Å². The van der Waals surface area contributed by atoms with Crippen molar-refractivity contribution in [3.63, 3.8) is 0 Å². The van der Waals surface area contributed by atoms with Gasteiger partial charge in [-0.05, 0) is 50.1 Å². The first kappa shape index (κ1) is 12.7. The molecule has 96 valence electrons. The summed E-state index contributed by atoms with van der Waals surface area (Å²) in [6.07, 6.45) is 1.66. The Hall–Kier alpha value is -1.75. The minimum absolute atomic E-state index is 0.650. The number of rotatable bonds is 4. The Morgan fingerprint density at radius 2 is 1.83 bits per heavy atom. The number of aryl methyl sites for hydroxylation is 4. The molecule has 0 bridgehead atoms. The molecule has 1 aromatic carbocycles. The summed E-state index contributed by atoms with van der Waals surface area (Å²) in [5.41, 5.74) is 10.1. The van der Waals surface area contributed by atoms with Crippen molar-refractivity contribution in [2.24, 2.45) is 5.73 Å². The smallest absolute Gasteiger partial charge is 0.175 e. The van der Waals surface area contributed by atoms with Gasteiger partial charge in [0.2, 0.25) is 0 Å². The molecule has 5 heteroatoms. The summed E-state index contributed by atoms with van der Waals surface area (Å²) in [5, 5.41) is 12.6. The average Bonchev–Trinajstić information content (AvgIpc) is 2.73. The molecule has 0 aliphatic carbocycles. The van der Waals surface area contributed by atoms with E-state index in [4.69, 9.17) is 5.73 Å². The molecule has 0 saturated carbocycles. The zero-order chi connectivity index (χ0) is 13.1. The van der Waals surface area contributed by atoms with E-state index < -0.39 is 0 Å². The van der Waals surface area contributed by atoms with Crippen molar-refractivity contribution < 1.29 is 0 Å². The third-order valence-corrected chi connectivity index (χ3v) is 2.89. The van der Waals surface area contributed by atoms with Crippen molar-refractivity contribution in [2.75, 3.05) is 6.54 Å². The average molecular weight is 245 g/mol. The molecule has 0 amide bonds. The highest BCUT2D eigenvalue weighted by Crippen LogP contribution is 2.19. The lowest BCUT2D eigenvalue weighted by Gasteiger charge is -2.08. The number of aromatic nitrogens is 4. The highest BCUT2D eigenvalue weighted by molar-refractivity contribution is 5.47. The summed E-state index contributed by atoms with van der Waals surface area (Å²) in [6.45, 7) is 6.87. The van der Waals surface area contributed by atoms with Crippen molar-refractivity contribution in [1.29, 1.82) is 0 Å². The first-order valence-electron chi connectivity index (χ1n) is 6.19. The van der Waals surface area contributed by atoms with Crippen LogP contribution in [0.15, 0.2) is 12.1 Å². The van der Waals surface area contributed by atoms with E-state index in [-0.39, 0.29) is 0 Å². The molecule has 1 heterocycles. The Labute approximate surface area is 107 Å². The van der Waals surface area contributed by atoms with Crippen LogP contribution >= 0.6 is 0 Å². The number of benzene rings is 1. The van der Waals surface area contributed by atoms with Crippen molar-refractivity contribution in [3.05, 3.63) is 34.6 Å². The number of hydrogen-bond donors (Lipinski definition) is 1. The summed E-state index contributed by atoms with van der Waals surface area (Å²) < 4.78 is 0. The van der Waals surface area contributed by atoms with E-state index >= 15 is 0 Å². The lowest BCUT2D eigenvalue weighted by atomic mass is 10.1. The van der Waals surface area contributed by atoms with Gasteiger partial charge in [-0.15, -0.1) is 15.0 Å². The van der Waals surface area contributed by atoms with Gasteiger partial charge in [-0.2, -0.15) is 0 Å². The molecule has 0 fully saturated rings. The molecular weight excluding hydrogens is 226 g/mol. The lowest BCUT2D eigenvalue weighted by Crippen LogP contribution is -2.05. The number of nitrogens with two attached hydrogens (primary N) is 1. The lowest BCUT2D eigenvalue weighted by molar-refractivity contribution is 0.706. The first-order valence-corrected chi connectivity index (χ1v) is 6.19. The SMILES string of the molecule is Cc1cc(C)c(-n2nnc(CCCN)n2)c(C)c1. The summed E-state index contributed by atoms with van der Waals surface area (Å²) >= 11 is 0. The maximum Gasteiger partial charge on any atom is 0.175 e. The van der Waals surface area contributed by atoms with E-state index in [2.05, 4.69) is 48.3 Å². The zero-order valence-electron chi connectivity index (χ0n) is 11.1. The molecule has 0 aliphatic rings. The molecule has 0 saturated heterocycles. The molecule has 0 spiro atoms. The van der Waals surface area contributed by atoms with Crippen LogP contribution in [0, 0.1) is 20.8 Å². The second-order valence-corrected chi connectivity index (χ2v) is 4.63. The fourth-order valence-electron chi connectivity index (χ4n) is 2.19. The van der Waals surface area contributed by atoms with Crippen LogP contribution in [-0.2, 0) is 6.42 Å². The van der Waals surface area contributed by atoms with Crippen LogP contribution in [0.25, 0.3) is 5.69 Å². The first-order chi connectivity index (χ1) is 8.61. The number of nitrogens with zero attached hydrogens (tertiary/aromatic N) is 4. The summed E-state index contributed by atoms with van der Waals surface area (Å²) in [7, 11) is 0. The molecular formula is C13H19N5. The third-order valence-electron chi connectivity index (χ3n) is 2.89. The van der Waals surface area contributed by atoms with Gasteiger partial charge in [-0.1, -0.05) is 17.7 Å².